The van der Waals surface area contributed by atoms with Gasteiger partial charge in [-0.25, -0.2) is 0 Å². The Kier molecular flexibility index (Phi) is 5.65. The normalized spacial score (nSPS) is 17.8. The summed E-state index contributed by atoms with van der Waals surface area (Å²) in [6.07, 6.45) is 0.740. The Morgan fingerprint density at radius 3 is 2.62 bits per heavy atom. The maximum Gasteiger partial charge on any atom is 0.290 e. The summed E-state index contributed by atoms with van der Waals surface area (Å²) in [4.78, 5) is 26.6. The molecule has 0 aromatic heterocycles. The number of aliphatic hydroxyl groups excluding tert-OH is 1. The Balaban J connectivity index is 2.53. The van der Waals surface area contributed by atoms with E-state index in [-0.39, 0.29) is 17.3 Å². The zero-order chi connectivity index (χ0) is 17.9. The Labute approximate surface area is 142 Å². The van der Waals surface area contributed by atoms with Crippen LogP contribution in [0.3, 0.4) is 0 Å². The number of nitrogens with zero attached hydrogens (tertiary/aromatic N) is 1. The van der Waals surface area contributed by atoms with Gasteiger partial charge in [-0.3, -0.25) is 9.59 Å². The molecule has 1 atom stereocenters. The zero-order valence-electron chi connectivity index (χ0n) is 14.7. The molecule has 1 heterocycles. The highest BCUT2D eigenvalue weighted by Crippen LogP contribution is 2.39. The van der Waals surface area contributed by atoms with E-state index in [9.17, 15) is 14.7 Å². The first-order valence-corrected chi connectivity index (χ1v) is 8.43. The molecule has 24 heavy (non-hydrogen) atoms. The summed E-state index contributed by atoms with van der Waals surface area (Å²) in [7, 11) is 0. The van der Waals surface area contributed by atoms with E-state index in [1.165, 1.54) is 0 Å². The highest BCUT2D eigenvalue weighted by Gasteiger charge is 2.43. The third-order valence-electron chi connectivity index (χ3n) is 4.04. The van der Waals surface area contributed by atoms with Crippen LogP contribution in [0.4, 0.5) is 0 Å². The lowest BCUT2D eigenvalue weighted by Gasteiger charge is -2.27. The third kappa shape index (κ3) is 3.30. The topological polar surface area (TPSA) is 66.8 Å². The van der Waals surface area contributed by atoms with E-state index in [0.717, 1.165) is 12.0 Å². The van der Waals surface area contributed by atoms with Crippen LogP contribution < -0.4 is 4.74 Å². The van der Waals surface area contributed by atoms with Gasteiger partial charge in [0.05, 0.1) is 18.2 Å². The lowest BCUT2D eigenvalue weighted by atomic mass is 9.91. The number of carbonyl (C=O) groups excluding carboxylic acids is 2. The van der Waals surface area contributed by atoms with Crippen LogP contribution >= 0.6 is 0 Å². The predicted molar refractivity (Wildman–Crippen MR) is 91.9 cm³/mol. The van der Waals surface area contributed by atoms with Crippen molar-refractivity contribution in [2.24, 2.45) is 5.92 Å². The van der Waals surface area contributed by atoms with Gasteiger partial charge in [-0.05, 0) is 31.0 Å². The Morgan fingerprint density at radius 2 is 2.04 bits per heavy atom. The summed E-state index contributed by atoms with van der Waals surface area (Å²) in [6.45, 7) is 8.40. The summed E-state index contributed by atoms with van der Waals surface area (Å²) in [5.74, 6) is -0.719. The van der Waals surface area contributed by atoms with E-state index in [0.29, 0.717) is 18.9 Å². The minimum atomic E-state index is -0.562. The summed E-state index contributed by atoms with van der Waals surface area (Å²) >= 11 is 0. The molecule has 0 aliphatic carbocycles. The molecule has 1 N–H and O–H groups in total. The lowest BCUT2D eigenvalue weighted by molar-refractivity contribution is -0.129. The smallest absolute Gasteiger partial charge is 0.290 e. The summed E-state index contributed by atoms with van der Waals surface area (Å²) in [5.41, 5.74) is 0.966. The van der Waals surface area contributed by atoms with E-state index in [4.69, 9.17) is 4.74 Å². The van der Waals surface area contributed by atoms with Crippen molar-refractivity contribution in [3.63, 3.8) is 0 Å². The molecule has 130 valence electrons. The largest absolute Gasteiger partial charge is 0.503 e. The molecule has 1 unspecified atom stereocenters. The van der Waals surface area contributed by atoms with Gasteiger partial charge in [-0.15, -0.1) is 0 Å². The number of aliphatic hydroxyl groups is 1. The monoisotopic (exact) mass is 331 g/mol. The molecule has 5 heteroatoms. The van der Waals surface area contributed by atoms with Crippen LogP contribution in [0.25, 0.3) is 0 Å². The van der Waals surface area contributed by atoms with Crippen molar-refractivity contribution in [2.75, 3.05) is 13.2 Å². The van der Waals surface area contributed by atoms with Crippen LogP contribution in [0.5, 0.6) is 5.75 Å². The number of hydrogen-bond acceptors (Lipinski definition) is 4. The van der Waals surface area contributed by atoms with Crippen LogP contribution in [0.2, 0.25) is 0 Å². The van der Waals surface area contributed by atoms with Gasteiger partial charge in [0.2, 0.25) is 0 Å². The summed E-state index contributed by atoms with van der Waals surface area (Å²) in [6, 6.07) is 6.79. The molecular formula is C19H25NO4. The second-order valence-corrected chi connectivity index (χ2v) is 6.19. The fourth-order valence-corrected chi connectivity index (χ4v) is 2.98. The highest BCUT2D eigenvalue weighted by molar-refractivity contribution is 6.09. The molecule has 0 bridgehead atoms. The molecule has 1 aliphatic heterocycles. The van der Waals surface area contributed by atoms with E-state index in [2.05, 4.69) is 0 Å². The maximum absolute atomic E-state index is 12.6. The minimum absolute atomic E-state index is 0.192. The highest BCUT2D eigenvalue weighted by atomic mass is 16.5. The first-order valence-electron chi connectivity index (χ1n) is 8.43. The first-order chi connectivity index (χ1) is 11.4. The molecule has 1 aromatic carbocycles. The zero-order valence-corrected chi connectivity index (χ0v) is 14.7. The first kappa shape index (κ1) is 18.0. The van der Waals surface area contributed by atoms with Gasteiger partial charge < -0.3 is 14.7 Å². The van der Waals surface area contributed by atoms with Crippen molar-refractivity contribution in [1.29, 1.82) is 0 Å². The third-order valence-corrected chi connectivity index (χ3v) is 4.04. The standard InChI is InChI=1S/C19H25NO4/c1-5-10-20-16(13-8-7-9-14(11-13)24-6-2)15(17(21)12(3)4)18(22)19(20)23/h7-9,11-12,16,22H,5-6,10H2,1-4H3. The Bertz CT molecular complexity index is 663. The molecular weight excluding hydrogens is 306 g/mol. The molecule has 2 rings (SSSR count). The number of rotatable bonds is 7. The van der Waals surface area contributed by atoms with Gasteiger partial charge in [-0.2, -0.15) is 0 Å². The van der Waals surface area contributed by atoms with Gasteiger partial charge >= 0.3 is 0 Å². The summed E-state index contributed by atoms with van der Waals surface area (Å²) in [5, 5.41) is 10.3. The Hall–Kier alpha value is -2.30. The lowest BCUT2D eigenvalue weighted by Crippen LogP contribution is -2.32. The quantitative estimate of drug-likeness (QED) is 0.831. The van der Waals surface area contributed by atoms with Gasteiger partial charge in [-0.1, -0.05) is 32.9 Å². The Morgan fingerprint density at radius 1 is 1.33 bits per heavy atom. The van der Waals surface area contributed by atoms with Gasteiger partial charge in [0, 0.05) is 12.5 Å². The molecule has 1 amide bonds. The molecule has 0 radical (unpaired) electrons. The van der Waals surface area contributed by atoms with Crippen molar-refractivity contribution >= 4 is 11.7 Å². The fraction of sp³-hybridized carbons (Fsp3) is 0.474. The van der Waals surface area contributed by atoms with Crippen molar-refractivity contribution < 1.29 is 19.4 Å². The number of hydrogen-bond donors (Lipinski definition) is 1. The average Bonchev–Trinajstić information content (AvgIpc) is 2.80. The van der Waals surface area contributed by atoms with Crippen molar-refractivity contribution in [1.82, 2.24) is 4.90 Å². The number of carbonyl (C=O) groups is 2. The number of benzene rings is 1. The van der Waals surface area contributed by atoms with Crippen LogP contribution in [-0.4, -0.2) is 34.8 Å². The van der Waals surface area contributed by atoms with E-state index < -0.39 is 17.7 Å². The van der Waals surface area contributed by atoms with Crippen molar-refractivity contribution in [3.05, 3.63) is 41.2 Å². The number of ether oxygens (including phenoxy) is 1. The average molecular weight is 331 g/mol. The molecule has 0 saturated heterocycles. The molecule has 0 fully saturated rings. The summed E-state index contributed by atoms with van der Waals surface area (Å²) < 4.78 is 5.53. The van der Waals surface area contributed by atoms with E-state index >= 15 is 0 Å². The van der Waals surface area contributed by atoms with Gasteiger partial charge in [0.15, 0.2) is 11.5 Å². The van der Waals surface area contributed by atoms with Crippen molar-refractivity contribution in [2.45, 2.75) is 40.2 Å². The number of Topliss-reactive ketones (excluding diaryl/α,β-unsaturated/α-hetero) is 1. The predicted octanol–water partition coefficient (Wildman–Crippen LogP) is 3.42. The molecule has 1 aliphatic rings. The van der Waals surface area contributed by atoms with Crippen molar-refractivity contribution in [3.8, 4) is 5.75 Å². The SMILES string of the molecule is CCCN1C(=O)C(O)=C(C(=O)C(C)C)C1c1cccc(OCC)c1. The van der Waals surface area contributed by atoms with Crippen LogP contribution in [0, 0.1) is 5.92 Å². The van der Waals surface area contributed by atoms with E-state index in [1.807, 2.05) is 38.1 Å². The molecule has 0 saturated carbocycles. The van der Waals surface area contributed by atoms with Crippen LogP contribution in [-0.2, 0) is 9.59 Å². The van der Waals surface area contributed by atoms with Gasteiger partial charge in [0.25, 0.3) is 5.91 Å². The molecule has 0 spiro atoms. The second-order valence-electron chi connectivity index (χ2n) is 6.19. The van der Waals surface area contributed by atoms with Crippen LogP contribution in [0.15, 0.2) is 35.6 Å². The van der Waals surface area contributed by atoms with Gasteiger partial charge in [0.1, 0.15) is 5.75 Å². The molecule has 5 nitrogen and oxygen atoms in total. The number of ketones is 1. The number of amides is 1. The maximum atomic E-state index is 12.6. The van der Waals surface area contributed by atoms with Crippen LogP contribution in [0.1, 0.15) is 45.7 Å². The van der Waals surface area contributed by atoms with E-state index in [1.54, 1.807) is 18.7 Å². The minimum Gasteiger partial charge on any atom is -0.503 e. The fourth-order valence-electron chi connectivity index (χ4n) is 2.98. The molecule has 1 aromatic rings. The second kappa shape index (κ2) is 7.51.